The quantitative estimate of drug-likeness (QED) is 0.121. The number of fused-ring (bicyclic) bond motifs is 2. The molecule has 5 unspecified atom stereocenters. The van der Waals surface area contributed by atoms with Gasteiger partial charge in [-0.1, -0.05) is 6.08 Å². The summed E-state index contributed by atoms with van der Waals surface area (Å²) in [6.45, 7) is 0.308. The molecule has 2 heterocycles. The number of amidine groups is 1. The van der Waals surface area contributed by atoms with Crippen LogP contribution in [0.25, 0.3) is 0 Å². The summed E-state index contributed by atoms with van der Waals surface area (Å²) < 4.78 is 14.3. The first kappa shape index (κ1) is 24.8. The number of hydrogen-bond acceptors (Lipinski definition) is 11. The van der Waals surface area contributed by atoms with E-state index in [2.05, 4.69) is 19.5 Å². The molecular weight excluding hydrogens is 465 g/mol. The number of aliphatic hydroxyl groups is 3. The summed E-state index contributed by atoms with van der Waals surface area (Å²) in [5.74, 6) is -0.999. The highest BCUT2D eigenvalue weighted by Crippen LogP contribution is 2.36. The Bertz CT molecular complexity index is 1060. The Morgan fingerprint density at radius 3 is 2.61 bits per heavy atom. The maximum atomic E-state index is 12.3. The van der Waals surface area contributed by atoms with Gasteiger partial charge in [0.1, 0.15) is 24.9 Å². The molecule has 0 aromatic carbocycles. The number of imide groups is 1. The van der Waals surface area contributed by atoms with Crippen molar-refractivity contribution >= 4 is 31.3 Å². The van der Waals surface area contributed by atoms with Crippen molar-refractivity contribution in [3.8, 4) is 6.07 Å². The Kier molecular flexibility index (Phi) is 7.22. The lowest BCUT2D eigenvalue weighted by Crippen LogP contribution is -2.61. The molecule has 1 aliphatic carbocycles. The molecule has 0 spiro atoms. The minimum Gasteiger partial charge on any atom is -0.388 e. The third kappa shape index (κ3) is 5.58. The van der Waals surface area contributed by atoms with Crippen molar-refractivity contribution in [2.75, 3.05) is 13.2 Å². The summed E-state index contributed by atoms with van der Waals surface area (Å²) in [6.07, 6.45) is -2.31. The highest BCUT2D eigenvalue weighted by atomic mass is 31.2. The lowest BCUT2D eigenvalue weighted by Gasteiger charge is -2.42. The Balaban J connectivity index is 1.84. The number of nitrogens with one attached hydrogen (secondary N) is 1. The molecule has 33 heavy (non-hydrogen) atoms. The summed E-state index contributed by atoms with van der Waals surface area (Å²) in [7, 11) is -4.99. The van der Waals surface area contributed by atoms with Crippen LogP contribution in [-0.2, 0) is 18.9 Å². The monoisotopic (exact) mass is 485 g/mol. The van der Waals surface area contributed by atoms with Gasteiger partial charge in [0.2, 0.25) is 0 Å². The normalized spacial score (nSPS) is 25.3. The second kappa shape index (κ2) is 9.59. The van der Waals surface area contributed by atoms with E-state index in [1.165, 1.54) is 11.0 Å². The summed E-state index contributed by atoms with van der Waals surface area (Å²) in [5.41, 5.74) is 0.716. The lowest BCUT2D eigenvalue weighted by molar-refractivity contribution is -0.247. The molecule has 3 aliphatic rings. The van der Waals surface area contributed by atoms with Crippen LogP contribution in [0.1, 0.15) is 6.92 Å². The van der Waals surface area contributed by atoms with Crippen molar-refractivity contribution < 1.29 is 48.8 Å². The van der Waals surface area contributed by atoms with Gasteiger partial charge in [-0.15, -0.1) is 4.67 Å². The molecule has 2 aliphatic heterocycles. The van der Waals surface area contributed by atoms with Crippen LogP contribution in [0.3, 0.4) is 0 Å². The van der Waals surface area contributed by atoms with Gasteiger partial charge in [-0.2, -0.15) is 10.3 Å². The number of phosphoric acid groups is 1. The van der Waals surface area contributed by atoms with Gasteiger partial charge in [0.25, 0.3) is 5.91 Å². The summed E-state index contributed by atoms with van der Waals surface area (Å²) in [6, 6.07) is -0.387. The minimum atomic E-state index is -4.99. The van der Waals surface area contributed by atoms with Crippen molar-refractivity contribution in [1.82, 2.24) is 10.2 Å². The number of rotatable bonds is 8. The fraction of sp³-hybridized carbons (Fsp3) is 0.471. The van der Waals surface area contributed by atoms with E-state index in [0.29, 0.717) is 11.1 Å². The SMILES string of the molecule is CC1=CC2N=C3C(=O)NC(=O)N=C3N(CC(O)C(O)C(O)COOP(=O)(O)O)C2C=C1C#N. The number of carbonyl (C=O) groups is 2. The van der Waals surface area contributed by atoms with Gasteiger partial charge in [-0.05, 0) is 18.6 Å². The van der Waals surface area contributed by atoms with Gasteiger partial charge in [0, 0.05) is 6.54 Å². The molecule has 3 amide bonds. The maximum Gasteiger partial charge on any atom is 0.496 e. The van der Waals surface area contributed by atoms with Gasteiger partial charge >= 0.3 is 13.9 Å². The number of β-amino-alcohol motifs (C(OH)–C–C–N with tert-alkyl or cyclic N) is 1. The molecule has 0 saturated heterocycles. The van der Waals surface area contributed by atoms with Gasteiger partial charge in [-0.25, -0.2) is 14.2 Å². The van der Waals surface area contributed by atoms with E-state index < -0.39 is 63.3 Å². The van der Waals surface area contributed by atoms with Gasteiger partial charge in [-0.3, -0.25) is 15.1 Å². The maximum absolute atomic E-state index is 12.3. The van der Waals surface area contributed by atoms with Crippen molar-refractivity contribution in [1.29, 1.82) is 5.26 Å². The van der Waals surface area contributed by atoms with E-state index in [-0.39, 0.29) is 11.5 Å². The van der Waals surface area contributed by atoms with Crippen LogP contribution in [0.5, 0.6) is 0 Å². The second-order valence-corrected chi connectivity index (χ2v) is 8.45. The number of aliphatic hydroxyl groups excluding tert-OH is 3. The molecule has 0 fully saturated rings. The number of nitrogens with zero attached hydrogens (tertiary/aromatic N) is 4. The number of aliphatic imine (C=N–C) groups is 2. The predicted molar refractivity (Wildman–Crippen MR) is 107 cm³/mol. The van der Waals surface area contributed by atoms with Crippen molar-refractivity contribution in [3.63, 3.8) is 0 Å². The summed E-state index contributed by atoms with van der Waals surface area (Å²) in [4.78, 5) is 54.8. The molecule has 178 valence electrons. The van der Waals surface area contributed by atoms with E-state index in [9.17, 15) is 34.7 Å². The van der Waals surface area contributed by atoms with Crippen molar-refractivity contribution in [2.24, 2.45) is 9.98 Å². The molecule has 6 N–H and O–H groups in total. The first-order valence-corrected chi connectivity index (χ1v) is 10.9. The van der Waals surface area contributed by atoms with Crippen LogP contribution >= 0.6 is 7.82 Å². The Morgan fingerprint density at radius 1 is 1.27 bits per heavy atom. The molecule has 0 aromatic rings. The lowest BCUT2D eigenvalue weighted by atomic mass is 9.89. The molecule has 0 bridgehead atoms. The van der Waals surface area contributed by atoms with Crippen LogP contribution in [0.2, 0.25) is 0 Å². The molecule has 5 atom stereocenters. The standard InChI is InChI=1S/C17H20N5O10P/c1-7-2-9-10(3-8(7)4-18)22(15-13(19-9)16(26)21-17(27)20-15)5-11(23)14(25)12(24)6-31-32-33(28,29)30/h2-3,9-12,14,23-25H,5-6H2,1H3,(H,21,26,27)(H2,28,29,30). The van der Waals surface area contributed by atoms with Gasteiger partial charge in [0.15, 0.2) is 11.5 Å². The molecule has 16 heteroatoms. The Morgan fingerprint density at radius 2 is 1.97 bits per heavy atom. The number of urea groups is 1. The van der Waals surface area contributed by atoms with Crippen LogP contribution in [-0.4, -0.2) is 97.0 Å². The highest BCUT2D eigenvalue weighted by molar-refractivity contribution is 7.46. The molecule has 15 nitrogen and oxygen atoms in total. The third-order valence-electron chi connectivity index (χ3n) is 4.98. The average molecular weight is 485 g/mol. The van der Waals surface area contributed by atoms with E-state index in [1.54, 1.807) is 13.0 Å². The van der Waals surface area contributed by atoms with E-state index in [0.717, 1.165) is 0 Å². The van der Waals surface area contributed by atoms with Crippen LogP contribution in [0, 0.1) is 11.3 Å². The van der Waals surface area contributed by atoms with Crippen LogP contribution in [0.4, 0.5) is 4.79 Å². The number of nitriles is 1. The molecule has 3 rings (SSSR count). The van der Waals surface area contributed by atoms with Crippen molar-refractivity contribution in [3.05, 3.63) is 23.3 Å². The van der Waals surface area contributed by atoms with Gasteiger partial charge in [0.05, 0.1) is 23.7 Å². The summed E-state index contributed by atoms with van der Waals surface area (Å²) in [5, 5.41) is 42.1. The first-order valence-electron chi connectivity index (χ1n) is 9.41. The average Bonchev–Trinajstić information content (AvgIpc) is 2.72. The summed E-state index contributed by atoms with van der Waals surface area (Å²) >= 11 is 0. The highest BCUT2D eigenvalue weighted by Gasteiger charge is 2.43. The third-order valence-corrected chi connectivity index (χ3v) is 5.28. The molecule has 0 saturated carbocycles. The number of allylic oxidation sites excluding steroid dienone is 2. The molecule has 0 aromatic heterocycles. The zero-order valence-corrected chi connectivity index (χ0v) is 17.9. The fourth-order valence-electron chi connectivity index (χ4n) is 3.44. The zero-order chi connectivity index (χ0) is 24.5. The second-order valence-electron chi connectivity index (χ2n) is 7.32. The fourth-order valence-corrected chi connectivity index (χ4v) is 3.64. The van der Waals surface area contributed by atoms with E-state index in [1.807, 2.05) is 11.4 Å². The topological polar surface area (TPSA) is 235 Å². The molecule has 0 radical (unpaired) electrons. The Labute approximate surface area is 186 Å². The minimum absolute atomic E-state index is 0.186. The van der Waals surface area contributed by atoms with E-state index >= 15 is 0 Å². The number of hydrogen-bond donors (Lipinski definition) is 6. The molecular formula is C17H20N5O10P. The largest absolute Gasteiger partial charge is 0.496 e. The number of amides is 3. The zero-order valence-electron chi connectivity index (χ0n) is 17.0. The first-order chi connectivity index (χ1) is 15.4. The predicted octanol–water partition coefficient (Wildman–Crippen LogP) is -2.34. The smallest absolute Gasteiger partial charge is 0.388 e. The number of carbonyl (C=O) groups excluding carboxylic acids is 2. The van der Waals surface area contributed by atoms with Crippen LogP contribution in [0.15, 0.2) is 33.3 Å². The van der Waals surface area contributed by atoms with E-state index in [4.69, 9.17) is 9.79 Å². The van der Waals surface area contributed by atoms with Gasteiger partial charge < -0.3 is 30.0 Å². The Hall–Kier alpha value is -2.80. The van der Waals surface area contributed by atoms with Crippen LogP contribution < -0.4 is 5.32 Å². The van der Waals surface area contributed by atoms with Crippen molar-refractivity contribution in [2.45, 2.75) is 37.3 Å².